The van der Waals surface area contributed by atoms with Gasteiger partial charge in [0.25, 0.3) is 0 Å². The fourth-order valence-corrected chi connectivity index (χ4v) is 4.25. The molecule has 7 heteroatoms. The molecule has 0 aromatic heterocycles. The van der Waals surface area contributed by atoms with E-state index < -0.39 is 0 Å². The second-order valence-corrected chi connectivity index (χ2v) is 8.56. The number of ether oxygens (including phenoxy) is 2. The van der Waals surface area contributed by atoms with E-state index in [4.69, 9.17) is 21.7 Å². The fraction of sp³-hybridized carbons (Fsp3) is 0.696. The van der Waals surface area contributed by atoms with Gasteiger partial charge in [-0.25, -0.2) is 0 Å². The van der Waals surface area contributed by atoms with Gasteiger partial charge in [0.05, 0.1) is 37.8 Å². The minimum atomic E-state index is 0.673. The van der Waals surface area contributed by atoms with Gasteiger partial charge in [0.1, 0.15) is 0 Å². The third-order valence-electron chi connectivity index (χ3n) is 6.05. The molecule has 6 nitrogen and oxygen atoms in total. The Morgan fingerprint density at radius 1 is 1.03 bits per heavy atom. The highest BCUT2D eigenvalue weighted by Gasteiger charge is 2.19. The number of hydrogen-bond acceptors (Lipinski definition) is 5. The molecule has 0 amide bonds. The van der Waals surface area contributed by atoms with E-state index >= 15 is 0 Å². The summed E-state index contributed by atoms with van der Waals surface area (Å²) < 4.78 is 11.1. The van der Waals surface area contributed by atoms with Gasteiger partial charge < -0.3 is 29.9 Å². The molecule has 30 heavy (non-hydrogen) atoms. The molecule has 2 aliphatic rings. The molecule has 3 rings (SSSR count). The van der Waals surface area contributed by atoms with Crippen molar-refractivity contribution in [3.05, 3.63) is 18.2 Å². The molecule has 2 saturated heterocycles. The van der Waals surface area contributed by atoms with Crippen molar-refractivity contribution in [1.82, 2.24) is 5.32 Å². The molecule has 2 N–H and O–H groups in total. The third kappa shape index (κ3) is 6.72. The zero-order chi connectivity index (χ0) is 21.2. The lowest BCUT2D eigenvalue weighted by molar-refractivity contribution is 0.122. The monoisotopic (exact) mass is 434 g/mol. The van der Waals surface area contributed by atoms with Crippen LogP contribution in [0, 0.1) is 5.92 Å². The predicted molar refractivity (Wildman–Crippen MR) is 130 cm³/mol. The molecular weight excluding hydrogens is 396 g/mol. The minimum Gasteiger partial charge on any atom is -0.378 e. The van der Waals surface area contributed by atoms with Gasteiger partial charge in [-0.05, 0) is 42.8 Å². The van der Waals surface area contributed by atoms with Crippen LogP contribution >= 0.6 is 12.2 Å². The maximum atomic E-state index is 5.64. The molecule has 1 aromatic carbocycles. The normalized spacial score (nSPS) is 18.2. The second kappa shape index (κ2) is 12.3. The Kier molecular flexibility index (Phi) is 9.49. The Hall–Kier alpha value is -1.57. The van der Waals surface area contributed by atoms with Crippen LogP contribution in [0.2, 0.25) is 0 Å². The van der Waals surface area contributed by atoms with Crippen LogP contribution in [0.4, 0.5) is 17.1 Å². The van der Waals surface area contributed by atoms with Crippen molar-refractivity contribution in [2.24, 2.45) is 5.92 Å². The van der Waals surface area contributed by atoms with E-state index in [2.05, 4.69) is 52.5 Å². The van der Waals surface area contributed by atoms with Crippen molar-refractivity contribution in [2.75, 3.05) is 74.3 Å². The molecule has 0 unspecified atom stereocenters. The number of benzene rings is 1. The van der Waals surface area contributed by atoms with E-state index in [1.165, 1.54) is 37.1 Å². The van der Waals surface area contributed by atoms with Crippen LogP contribution in [-0.4, -0.2) is 64.3 Å². The molecule has 0 bridgehead atoms. The van der Waals surface area contributed by atoms with Crippen LogP contribution in [0.1, 0.15) is 39.5 Å². The quantitative estimate of drug-likeness (QED) is 0.572. The number of rotatable bonds is 9. The SMILES string of the molecule is CCCC[C@H](CC)CNC(=S)Nc1ccc(N2CCOCC2)cc1N1CCOCC1. The zero-order valence-corrected chi connectivity index (χ0v) is 19.4. The van der Waals surface area contributed by atoms with E-state index in [0.717, 1.165) is 64.8 Å². The molecule has 0 radical (unpaired) electrons. The van der Waals surface area contributed by atoms with Crippen molar-refractivity contribution in [3.8, 4) is 0 Å². The number of anilines is 3. The smallest absolute Gasteiger partial charge is 0.170 e. The van der Waals surface area contributed by atoms with Crippen molar-refractivity contribution < 1.29 is 9.47 Å². The van der Waals surface area contributed by atoms with Gasteiger partial charge in [0, 0.05) is 38.4 Å². The highest BCUT2D eigenvalue weighted by Crippen LogP contribution is 2.32. The summed E-state index contributed by atoms with van der Waals surface area (Å²) in [6, 6.07) is 6.64. The first-order valence-electron chi connectivity index (χ1n) is 11.6. The number of nitrogens with zero attached hydrogens (tertiary/aromatic N) is 2. The van der Waals surface area contributed by atoms with E-state index in [9.17, 15) is 0 Å². The largest absolute Gasteiger partial charge is 0.378 e. The molecule has 0 saturated carbocycles. The summed E-state index contributed by atoms with van der Waals surface area (Å²) in [6.07, 6.45) is 4.97. The van der Waals surface area contributed by atoms with E-state index in [-0.39, 0.29) is 0 Å². The predicted octanol–water partition coefficient (Wildman–Crippen LogP) is 3.86. The lowest BCUT2D eigenvalue weighted by Gasteiger charge is -2.34. The molecule has 1 aromatic rings. The average Bonchev–Trinajstić information content (AvgIpc) is 2.80. The first-order chi connectivity index (χ1) is 14.7. The lowest BCUT2D eigenvalue weighted by Crippen LogP contribution is -2.39. The Morgan fingerprint density at radius 3 is 2.33 bits per heavy atom. The number of morpholine rings is 2. The average molecular weight is 435 g/mol. The van der Waals surface area contributed by atoms with Crippen LogP contribution in [0.5, 0.6) is 0 Å². The standard InChI is InChI=1S/C23H38N4O2S/c1-3-5-6-19(4-2)18-24-23(30)25-21-8-7-20(26-9-13-28-14-10-26)17-22(21)27-11-15-29-16-12-27/h7-8,17,19H,3-6,9-16,18H2,1-2H3,(H2,24,25,30)/t19-/m0/s1. The summed E-state index contributed by atoms with van der Waals surface area (Å²) in [5, 5.41) is 7.62. The van der Waals surface area contributed by atoms with Crippen LogP contribution in [0.25, 0.3) is 0 Å². The zero-order valence-electron chi connectivity index (χ0n) is 18.6. The van der Waals surface area contributed by atoms with Crippen LogP contribution in [-0.2, 0) is 9.47 Å². The van der Waals surface area contributed by atoms with Gasteiger partial charge in [0.2, 0.25) is 0 Å². The van der Waals surface area contributed by atoms with E-state index in [1.54, 1.807) is 0 Å². The molecule has 1 atom stereocenters. The van der Waals surface area contributed by atoms with Crippen molar-refractivity contribution >= 4 is 34.4 Å². The summed E-state index contributed by atoms with van der Waals surface area (Å²) in [7, 11) is 0. The van der Waals surface area contributed by atoms with Gasteiger partial charge in [-0.15, -0.1) is 0 Å². The highest BCUT2D eigenvalue weighted by atomic mass is 32.1. The fourth-order valence-electron chi connectivity index (χ4n) is 4.06. The summed E-state index contributed by atoms with van der Waals surface area (Å²) >= 11 is 5.64. The molecule has 2 heterocycles. The number of thiocarbonyl (C=S) groups is 1. The molecular formula is C23H38N4O2S. The van der Waals surface area contributed by atoms with Crippen molar-refractivity contribution in [1.29, 1.82) is 0 Å². The van der Waals surface area contributed by atoms with E-state index in [1.807, 2.05) is 0 Å². The van der Waals surface area contributed by atoms with Crippen molar-refractivity contribution in [3.63, 3.8) is 0 Å². The topological polar surface area (TPSA) is 49.0 Å². The summed E-state index contributed by atoms with van der Waals surface area (Å²) in [6.45, 7) is 12.2. The molecule has 0 aliphatic carbocycles. The van der Waals surface area contributed by atoms with E-state index in [0.29, 0.717) is 11.0 Å². The molecule has 2 fully saturated rings. The molecule has 168 valence electrons. The Bertz CT molecular complexity index is 661. The molecule has 2 aliphatic heterocycles. The van der Waals surface area contributed by atoms with Crippen LogP contribution in [0.3, 0.4) is 0 Å². The third-order valence-corrected chi connectivity index (χ3v) is 6.30. The Morgan fingerprint density at radius 2 is 1.70 bits per heavy atom. The summed E-state index contributed by atoms with van der Waals surface area (Å²) in [5.74, 6) is 0.673. The van der Waals surface area contributed by atoms with Crippen LogP contribution in [0.15, 0.2) is 18.2 Å². The summed E-state index contributed by atoms with van der Waals surface area (Å²) in [4.78, 5) is 4.79. The maximum absolute atomic E-state index is 5.64. The first kappa shape index (κ1) is 23.1. The first-order valence-corrected chi connectivity index (χ1v) is 12.0. The Labute approximate surface area is 187 Å². The summed E-state index contributed by atoms with van der Waals surface area (Å²) in [5.41, 5.74) is 3.51. The molecule has 0 spiro atoms. The van der Waals surface area contributed by atoms with Crippen LogP contribution < -0.4 is 20.4 Å². The minimum absolute atomic E-state index is 0.673. The lowest BCUT2D eigenvalue weighted by atomic mass is 9.99. The van der Waals surface area contributed by atoms with Crippen molar-refractivity contribution in [2.45, 2.75) is 39.5 Å². The maximum Gasteiger partial charge on any atom is 0.170 e. The van der Waals surface area contributed by atoms with Gasteiger partial charge in [-0.2, -0.15) is 0 Å². The van der Waals surface area contributed by atoms with Gasteiger partial charge in [0.15, 0.2) is 5.11 Å². The van der Waals surface area contributed by atoms with Gasteiger partial charge in [-0.3, -0.25) is 0 Å². The highest BCUT2D eigenvalue weighted by molar-refractivity contribution is 7.80. The number of unbranched alkanes of at least 4 members (excludes halogenated alkanes) is 1. The van der Waals surface area contributed by atoms with Gasteiger partial charge in [-0.1, -0.05) is 33.1 Å². The van der Waals surface area contributed by atoms with Gasteiger partial charge >= 0.3 is 0 Å². The number of nitrogens with one attached hydrogen (secondary N) is 2. The Balaban J connectivity index is 1.68. The second-order valence-electron chi connectivity index (χ2n) is 8.15. The number of hydrogen-bond donors (Lipinski definition) is 2.